The molecule has 0 radical (unpaired) electrons. The third-order valence-electron chi connectivity index (χ3n) is 3.21. The molecule has 3 heteroatoms. The molecule has 90 valence electrons. The van der Waals surface area contributed by atoms with Crippen molar-refractivity contribution >= 4 is 0 Å². The summed E-state index contributed by atoms with van der Waals surface area (Å²) in [5, 5.41) is 3.69. The zero-order valence-electron chi connectivity index (χ0n) is 10.6. The van der Waals surface area contributed by atoms with Gasteiger partial charge >= 0.3 is 0 Å². The number of nitrogens with zero attached hydrogens (tertiary/aromatic N) is 1. The second-order valence-corrected chi connectivity index (χ2v) is 4.54. The fraction of sp³-hybridized carbons (Fsp3) is 1.00. The van der Waals surface area contributed by atoms with E-state index >= 15 is 0 Å². The zero-order valence-corrected chi connectivity index (χ0v) is 10.6. The van der Waals surface area contributed by atoms with Crippen molar-refractivity contribution in [3.8, 4) is 0 Å². The van der Waals surface area contributed by atoms with Crippen LogP contribution in [0.15, 0.2) is 0 Å². The molecule has 0 spiro atoms. The second kappa shape index (κ2) is 6.46. The maximum absolute atomic E-state index is 5.43. The Labute approximate surface area is 94.2 Å². The van der Waals surface area contributed by atoms with Gasteiger partial charge in [-0.05, 0) is 25.9 Å². The molecule has 2 fully saturated rings. The molecule has 0 aromatic carbocycles. The molecule has 2 saturated heterocycles. The highest BCUT2D eigenvalue weighted by Gasteiger charge is 2.28. The first-order valence-corrected chi connectivity index (χ1v) is 6.28. The molecule has 3 atom stereocenters. The van der Waals surface area contributed by atoms with E-state index in [-0.39, 0.29) is 0 Å². The minimum Gasteiger partial charge on any atom is -0.379 e. The summed E-state index contributed by atoms with van der Waals surface area (Å²) < 4.78 is 5.43. The number of likely N-dealkylation sites (tertiary alicyclic amines) is 1. The van der Waals surface area contributed by atoms with Gasteiger partial charge in [0.1, 0.15) is 0 Å². The van der Waals surface area contributed by atoms with Crippen LogP contribution in [0.5, 0.6) is 0 Å². The van der Waals surface area contributed by atoms with E-state index in [4.69, 9.17) is 4.74 Å². The van der Waals surface area contributed by atoms with Gasteiger partial charge in [-0.2, -0.15) is 0 Å². The average molecular weight is 214 g/mol. The first-order chi connectivity index (χ1) is 7.25. The average Bonchev–Trinajstić information content (AvgIpc) is 2.81. The van der Waals surface area contributed by atoms with Gasteiger partial charge in [-0.25, -0.2) is 0 Å². The van der Waals surface area contributed by atoms with Crippen LogP contribution in [-0.2, 0) is 4.74 Å². The smallest absolute Gasteiger partial charge is 0.0623 e. The molecule has 0 aliphatic carbocycles. The fourth-order valence-electron chi connectivity index (χ4n) is 2.25. The summed E-state index contributed by atoms with van der Waals surface area (Å²) in [6.45, 7) is 10.5. The van der Waals surface area contributed by atoms with Crippen molar-refractivity contribution < 1.29 is 4.74 Å². The predicted molar refractivity (Wildman–Crippen MR) is 64.2 cm³/mol. The normalized spacial score (nSPS) is 36.4. The lowest BCUT2D eigenvalue weighted by Crippen LogP contribution is -2.42. The molecule has 0 aromatic heterocycles. The van der Waals surface area contributed by atoms with E-state index in [1.165, 1.54) is 19.5 Å². The standard InChI is InChI=1S/C10H20N2O.C2H6/c1-8-6-13-7-10(8)11-9-3-4-12(2)5-9;1-2/h8-11H,3-7H2,1-2H3;1-2H3. The molecule has 2 aliphatic heterocycles. The Hall–Kier alpha value is -0.120. The first kappa shape index (κ1) is 12.9. The van der Waals surface area contributed by atoms with E-state index in [0.29, 0.717) is 18.0 Å². The van der Waals surface area contributed by atoms with Gasteiger partial charge in [0.2, 0.25) is 0 Å². The molecule has 15 heavy (non-hydrogen) atoms. The number of rotatable bonds is 2. The molecule has 3 unspecified atom stereocenters. The zero-order chi connectivity index (χ0) is 11.3. The molecule has 3 nitrogen and oxygen atoms in total. The lowest BCUT2D eigenvalue weighted by atomic mass is 10.1. The highest BCUT2D eigenvalue weighted by atomic mass is 16.5. The van der Waals surface area contributed by atoms with Crippen LogP contribution in [0.1, 0.15) is 27.2 Å². The van der Waals surface area contributed by atoms with Crippen LogP contribution >= 0.6 is 0 Å². The SMILES string of the molecule is CC.CC1COCC1NC1CCN(C)C1. The highest BCUT2D eigenvalue weighted by molar-refractivity contribution is 4.86. The second-order valence-electron chi connectivity index (χ2n) is 4.54. The lowest BCUT2D eigenvalue weighted by molar-refractivity contribution is 0.183. The van der Waals surface area contributed by atoms with E-state index in [2.05, 4.69) is 24.2 Å². The maximum Gasteiger partial charge on any atom is 0.0623 e. The Morgan fingerprint density at radius 1 is 1.27 bits per heavy atom. The van der Waals surface area contributed by atoms with Crippen LogP contribution in [-0.4, -0.2) is 50.3 Å². The third kappa shape index (κ3) is 3.74. The molecule has 0 saturated carbocycles. The van der Waals surface area contributed by atoms with Crippen molar-refractivity contribution in [1.82, 2.24) is 10.2 Å². The third-order valence-corrected chi connectivity index (χ3v) is 3.21. The predicted octanol–water partition coefficient (Wildman–Crippen LogP) is 1.34. The van der Waals surface area contributed by atoms with Crippen LogP contribution < -0.4 is 5.32 Å². The molecule has 2 heterocycles. The Morgan fingerprint density at radius 3 is 2.47 bits per heavy atom. The van der Waals surface area contributed by atoms with E-state index < -0.39 is 0 Å². The summed E-state index contributed by atoms with van der Waals surface area (Å²) in [7, 11) is 2.19. The molecule has 0 bridgehead atoms. The Morgan fingerprint density at radius 2 is 2.00 bits per heavy atom. The van der Waals surface area contributed by atoms with Crippen LogP contribution in [0.3, 0.4) is 0 Å². The van der Waals surface area contributed by atoms with Gasteiger partial charge in [0, 0.05) is 18.6 Å². The molecular formula is C12H26N2O. The Kier molecular flexibility index (Phi) is 5.58. The highest BCUT2D eigenvalue weighted by Crippen LogP contribution is 2.15. The summed E-state index contributed by atoms with van der Waals surface area (Å²) in [6.07, 6.45) is 1.29. The molecule has 2 aliphatic rings. The fourth-order valence-corrected chi connectivity index (χ4v) is 2.25. The molecule has 0 aromatic rings. The summed E-state index contributed by atoms with van der Waals surface area (Å²) in [6, 6.07) is 1.29. The van der Waals surface area contributed by atoms with E-state index in [0.717, 1.165) is 13.2 Å². The number of likely N-dealkylation sites (N-methyl/N-ethyl adjacent to an activating group) is 1. The quantitative estimate of drug-likeness (QED) is 0.751. The topological polar surface area (TPSA) is 24.5 Å². The largest absolute Gasteiger partial charge is 0.379 e. The molecule has 1 N–H and O–H groups in total. The van der Waals surface area contributed by atoms with Gasteiger partial charge in [-0.1, -0.05) is 20.8 Å². The van der Waals surface area contributed by atoms with Crippen LogP contribution in [0.4, 0.5) is 0 Å². The van der Waals surface area contributed by atoms with Gasteiger partial charge in [-0.15, -0.1) is 0 Å². The van der Waals surface area contributed by atoms with Gasteiger partial charge in [0.15, 0.2) is 0 Å². The summed E-state index contributed by atoms with van der Waals surface area (Å²) in [5.41, 5.74) is 0. The number of ether oxygens (including phenoxy) is 1. The van der Waals surface area contributed by atoms with Crippen molar-refractivity contribution in [2.45, 2.75) is 39.3 Å². The minimum absolute atomic E-state index is 0.594. The van der Waals surface area contributed by atoms with Gasteiger partial charge in [0.05, 0.1) is 13.2 Å². The van der Waals surface area contributed by atoms with Gasteiger partial charge in [0.25, 0.3) is 0 Å². The molecular weight excluding hydrogens is 188 g/mol. The van der Waals surface area contributed by atoms with Crippen LogP contribution in [0, 0.1) is 5.92 Å². The first-order valence-electron chi connectivity index (χ1n) is 6.28. The minimum atomic E-state index is 0.594. The lowest BCUT2D eigenvalue weighted by Gasteiger charge is -2.20. The van der Waals surface area contributed by atoms with Crippen LogP contribution in [0.25, 0.3) is 0 Å². The van der Waals surface area contributed by atoms with E-state index in [9.17, 15) is 0 Å². The van der Waals surface area contributed by atoms with E-state index in [1.807, 2.05) is 13.8 Å². The monoisotopic (exact) mass is 214 g/mol. The van der Waals surface area contributed by atoms with Crippen molar-refractivity contribution in [3.63, 3.8) is 0 Å². The van der Waals surface area contributed by atoms with E-state index in [1.54, 1.807) is 0 Å². The van der Waals surface area contributed by atoms with Crippen LogP contribution in [0.2, 0.25) is 0 Å². The molecule has 2 rings (SSSR count). The number of hydrogen-bond acceptors (Lipinski definition) is 3. The van der Waals surface area contributed by atoms with Crippen molar-refractivity contribution in [2.75, 3.05) is 33.4 Å². The van der Waals surface area contributed by atoms with Crippen molar-refractivity contribution in [1.29, 1.82) is 0 Å². The van der Waals surface area contributed by atoms with Crippen molar-refractivity contribution in [3.05, 3.63) is 0 Å². The summed E-state index contributed by atoms with van der Waals surface area (Å²) in [5.74, 6) is 0.686. The van der Waals surface area contributed by atoms with Gasteiger partial charge in [-0.3, -0.25) is 0 Å². The van der Waals surface area contributed by atoms with Gasteiger partial charge < -0.3 is 15.0 Å². The number of hydrogen-bond donors (Lipinski definition) is 1. The number of nitrogens with one attached hydrogen (secondary N) is 1. The Bertz CT molecular complexity index is 175. The maximum atomic E-state index is 5.43. The molecule has 0 amide bonds. The summed E-state index contributed by atoms with van der Waals surface area (Å²) in [4.78, 5) is 2.39. The summed E-state index contributed by atoms with van der Waals surface area (Å²) >= 11 is 0. The Balaban J connectivity index is 0.000000531. The van der Waals surface area contributed by atoms with Crippen molar-refractivity contribution in [2.24, 2.45) is 5.92 Å².